The van der Waals surface area contributed by atoms with E-state index in [-0.39, 0.29) is 0 Å². The molecule has 0 atom stereocenters. The molecule has 0 saturated carbocycles. The van der Waals surface area contributed by atoms with E-state index in [0.29, 0.717) is 5.25 Å². The summed E-state index contributed by atoms with van der Waals surface area (Å²) in [6.07, 6.45) is 0. The van der Waals surface area contributed by atoms with Gasteiger partial charge in [-0.05, 0) is 6.54 Å². The average molecular weight is 117 g/mol. The van der Waals surface area contributed by atoms with Gasteiger partial charge >= 0.3 is 0 Å². The predicted molar refractivity (Wildman–Crippen MR) is 34.9 cm³/mol. The summed E-state index contributed by atoms with van der Waals surface area (Å²) in [6.45, 7) is 5.76. The Morgan fingerprint density at radius 2 is 2.29 bits per heavy atom. The fourth-order valence-electron chi connectivity index (χ4n) is 0.801. The molecule has 42 valence electrons. The molecule has 0 unspecified atom stereocenters. The molecule has 1 aliphatic rings. The van der Waals surface area contributed by atoms with E-state index in [1.165, 1.54) is 19.6 Å². The SMILES string of the molecule is CCN1CC(S)C1. The van der Waals surface area contributed by atoms with E-state index in [0.717, 1.165) is 0 Å². The molecule has 0 aliphatic carbocycles. The number of rotatable bonds is 1. The first-order chi connectivity index (χ1) is 3.33. The normalized spacial score (nSPS) is 24.9. The van der Waals surface area contributed by atoms with Crippen LogP contribution in [0.25, 0.3) is 0 Å². The van der Waals surface area contributed by atoms with Crippen molar-refractivity contribution in [3.05, 3.63) is 0 Å². The first-order valence-corrected chi connectivity index (χ1v) is 3.25. The summed E-state index contributed by atoms with van der Waals surface area (Å²) in [4.78, 5) is 2.37. The van der Waals surface area contributed by atoms with Crippen LogP contribution in [0.5, 0.6) is 0 Å². The smallest absolute Gasteiger partial charge is 0.0272 e. The van der Waals surface area contributed by atoms with Crippen LogP contribution < -0.4 is 0 Å². The van der Waals surface area contributed by atoms with Gasteiger partial charge in [-0.1, -0.05) is 6.92 Å². The van der Waals surface area contributed by atoms with Crippen LogP contribution >= 0.6 is 12.6 Å². The van der Waals surface area contributed by atoms with Gasteiger partial charge in [0.15, 0.2) is 0 Å². The van der Waals surface area contributed by atoms with E-state index >= 15 is 0 Å². The highest BCUT2D eigenvalue weighted by Gasteiger charge is 2.20. The maximum atomic E-state index is 4.26. The van der Waals surface area contributed by atoms with Crippen LogP contribution in [0.4, 0.5) is 0 Å². The van der Waals surface area contributed by atoms with Crippen molar-refractivity contribution >= 4 is 12.6 Å². The second kappa shape index (κ2) is 2.05. The van der Waals surface area contributed by atoms with Crippen molar-refractivity contribution in [2.45, 2.75) is 12.2 Å². The molecule has 0 spiro atoms. The Hall–Kier alpha value is 0.310. The molecule has 0 aromatic carbocycles. The van der Waals surface area contributed by atoms with Crippen molar-refractivity contribution in [3.8, 4) is 0 Å². The van der Waals surface area contributed by atoms with Crippen molar-refractivity contribution in [1.29, 1.82) is 0 Å². The topological polar surface area (TPSA) is 3.24 Å². The molecule has 1 fully saturated rings. The van der Waals surface area contributed by atoms with Crippen molar-refractivity contribution in [2.75, 3.05) is 19.6 Å². The fraction of sp³-hybridized carbons (Fsp3) is 1.00. The van der Waals surface area contributed by atoms with Crippen LogP contribution in [0.2, 0.25) is 0 Å². The summed E-state index contributed by atoms with van der Waals surface area (Å²) in [5, 5.41) is 0.667. The molecule has 1 heterocycles. The highest BCUT2D eigenvalue weighted by molar-refractivity contribution is 7.81. The van der Waals surface area contributed by atoms with Gasteiger partial charge in [0.2, 0.25) is 0 Å². The van der Waals surface area contributed by atoms with Gasteiger partial charge in [0, 0.05) is 18.3 Å². The zero-order valence-electron chi connectivity index (χ0n) is 4.59. The molecule has 0 aromatic rings. The molecule has 0 bridgehead atoms. The third-order valence-corrected chi connectivity index (χ3v) is 1.71. The van der Waals surface area contributed by atoms with Crippen molar-refractivity contribution < 1.29 is 0 Å². The van der Waals surface area contributed by atoms with Gasteiger partial charge in [-0.15, -0.1) is 0 Å². The van der Waals surface area contributed by atoms with Crippen LogP contribution in [0.15, 0.2) is 0 Å². The van der Waals surface area contributed by atoms with E-state index in [2.05, 4.69) is 24.5 Å². The molecule has 1 aliphatic heterocycles. The van der Waals surface area contributed by atoms with Crippen molar-refractivity contribution in [3.63, 3.8) is 0 Å². The minimum Gasteiger partial charge on any atom is -0.301 e. The number of likely N-dealkylation sites (tertiary alicyclic amines) is 1. The van der Waals surface area contributed by atoms with Crippen LogP contribution in [0.1, 0.15) is 6.92 Å². The van der Waals surface area contributed by atoms with Gasteiger partial charge in [0.25, 0.3) is 0 Å². The maximum Gasteiger partial charge on any atom is 0.0272 e. The molecule has 0 aromatic heterocycles. The predicted octanol–water partition coefficient (Wildman–Crippen LogP) is 0.620. The van der Waals surface area contributed by atoms with Crippen LogP contribution in [-0.4, -0.2) is 29.8 Å². The number of thiol groups is 1. The van der Waals surface area contributed by atoms with E-state index in [1.54, 1.807) is 0 Å². The summed E-state index contributed by atoms with van der Waals surface area (Å²) < 4.78 is 0. The van der Waals surface area contributed by atoms with E-state index < -0.39 is 0 Å². The van der Waals surface area contributed by atoms with Gasteiger partial charge in [0.1, 0.15) is 0 Å². The lowest BCUT2D eigenvalue weighted by molar-refractivity contribution is 0.203. The second-order valence-corrected chi connectivity index (χ2v) is 2.74. The van der Waals surface area contributed by atoms with Gasteiger partial charge in [-0.2, -0.15) is 12.6 Å². The summed E-state index contributed by atoms with van der Waals surface area (Å²) in [5.74, 6) is 0. The molecule has 0 N–H and O–H groups in total. The Kier molecular flexibility index (Phi) is 1.60. The average Bonchev–Trinajstić information content (AvgIpc) is 1.58. The highest BCUT2D eigenvalue weighted by atomic mass is 32.1. The minimum absolute atomic E-state index is 0.667. The molecule has 7 heavy (non-hydrogen) atoms. The monoisotopic (exact) mass is 117 g/mol. The zero-order chi connectivity index (χ0) is 5.28. The van der Waals surface area contributed by atoms with Crippen LogP contribution in [-0.2, 0) is 0 Å². The number of nitrogens with zero attached hydrogens (tertiary/aromatic N) is 1. The Labute approximate surface area is 50.1 Å². The Morgan fingerprint density at radius 1 is 1.71 bits per heavy atom. The van der Waals surface area contributed by atoms with E-state index in [4.69, 9.17) is 0 Å². The summed E-state index contributed by atoms with van der Waals surface area (Å²) in [7, 11) is 0. The van der Waals surface area contributed by atoms with Gasteiger partial charge in [-0.3, -0.25) is 0 Å². The molecule has 0 amide bonds. The molecule has 1 saturated heterocycles. The minimum atomic E-state index is 0.667. The lowest BCUT2D eigenvalue weighted by Crippen LogP contribution is -2.47. The quantitative estimate of drug-likeness (QED) is 0.493. The highest BCUT2D eigenvalue weighted by Crippen LogP contribution is 2.11. The summed E-state index contributed by atoms with van der Waals surface area (Å²) in [6, 6.07) is 0. The maximum absolute atomic E-state index is 4.26. The first-order valence-electron chi connectivity index (χ1n) is 2.73. The Bertz CT molecular complexity index is 59.1. The number of hydrogen-bond acceptors (Lipinski definition) is 2. The first kappa shape index (κ1) is 5.45. The van der Waals surface area contributed by atoms with Crippen LogP contribution in [0, 0.1) is 0 Å². The standard InChI is InChI=1S/C5H11NS/c1-2-6-3-5(7)4-6/h5,7H,2-4H2,1H3. The molecule has 2 heteroatoms. The number of hydrogen-bond donors (Lipinski definition) is 1. The van der Waals surface area contributed by atoms with Gasteiger partial charge in [-0.25, -0.2) is 0 Å². The van der Waals surface area contributed by atoms with E-state index in [1.807, 2.05) is 0 Å². The summed E-state index contributed by atoms with van der Waals surface area (Å²) in [5.41, 5.74) is 0. The molecule has 1 nitrogen and oxygen atoms in total. The van der Waals surface area contributed by atoms with Gasteiger partial charge in [0.05, 0.1) is 0 Å². The van der Waals surface area contributed by atoms with Crippen molar-refractivity contribution in [2.24, 2.45) is 0 Å². The third kappa shape index (κ3) is 1.10. The van der Waals surface area contributed by atoms with Gasteiger partial charge < -0.3 is 4.90 Å². The second-order valence-electron chi connectivity index (χ2n) is 2.01. The molecule has 0 radical (unpaired) electrons. The largest absolute Gasteiger partial charge is 0.301 e. The van der Waals surface area contributed by atoms with E-state index in [9.17, 15) is 0 Å². The van der Waals surface area contributed by atoms with Crippen molar-refractivity contribution in [1.82, 2.24) is 4.90 Å². The third-order valence-electron chi connectivity index (χ3n) is 1.39. The molecule has 1 rings (SSSR count). The lowest BCUT2D eigenvalue weighted by atomic mass is 10.2. The summed E-state index contributed by atoms with van der Waals surface area (Å²) >= 11 is 4.26. The molecular weight excluding hydrogens is 106 g/mol. The Morgan fingerprint density at radius 3 is 2.43 bits per heavy atom. The van der Waals surface area contributed by atoms with Crippen LogP contribution in [0.3, 0.4) is 0 Å². The lowest BCUT2D eigenvalue weighted by Gasteiger charge is -2.35. The molecular formula is C5H11NS. The fourth-order valence-corrected chi connectivity index (χ4v) is 1.26. The Balaban J connectivity index is 2.06. The zero-order valence-corrected chi connectivity index (χ0v) is 5.49.